The molecule has 2 aromatic rings. The molecule has 4 nitrogen and oxygen atoms in total. The number of benzene rings is 1. The van der Waals surface area contributed by atoms with Crippen LogP contribution in [0.2, 0.25) is 0 Å². The molecule has 0 amide bonds. The summed E-state index contributed by atoms with van der Waals surface area (Å²) >= 11 is 0. The Morgan fingerprint density at radius 1 is 1.20 bits per heavy atom. The van der Waals surface area contributed by atoms with E-state index in [0.717, 1.165) is 18.7 Å². The van der Waals surface area contributed by atoms with Crippen LogP contribution in [0, 0.1) is 0 Å². The SMILES string of the molecule is CCc1ccc(C(Cc2ncnn2C(C)C)NC)cc1. The van der Waals surface area contributed by atoms with Gasteiger partial charge in [-0.1, -0.05) is 31.2 Å². The third kappa shape index (κ3) is 3.25. The smallest absolute Gasteiger partial charge is 0.138 e. The highest BCUT2D eigenvalue weighted by Crippen LogP contribution is 2.19. The van der Waals surface area contributed by atoms with Gasteiger partial charge in [0.2, 0.25) is 0 Å². The van der Waals surface area contributed by atoms with Crippen LogP contribution in [0.4, 0.5) is 0 Å². The number of nitrogens with one attached hydrogen (secondary N) is 1. The van der Waals surface area contributed by atoms with Crippen LogP contribution >= 0.6 is 0 Å². The molecule has 0 aliphatic rings. The maximum absolute atomic E-state index is 4.40. The zero-order chi connectivity index (χ0) is 14.5. The highest BCUT2D eigenvalue weighted by Gasteiger charge is 2.15. The van der Waals surface area contributed by atoms with E-state index in [1.165, 1.54) is 11.1 Å². The summed E-state index contributed by atoms with van der Waals surface area (Å²) in [4.78, 5) is 4.40. The monoisotopic (exact) mass is 272 g/mol. The molecule has 1 aromatic carbocycles. The lowest BCUT2D eigenvalue weighted by atomic mass is 10.0. The van der Waals surface area contributed by atoms with Crippen molar-refractivity contribution < 1.29 is 0 Å². The molecule has 1 N–H and O–H groups in total. The molecule has 2 rings (SSSR count). The van der Waals surface area contributed by atoms with Gasteiger partial charge in [-0.3, -0.25) is 0 Å². The molecule has 0 aliphatic heterocycles. The quantitative estimate of drug-likeness (QED) is 0.879. The minimum atomic E-state index is 0.266. The number of hydrogen-bond acceptors (Lipinski definition) is 3. The molecule has 0 spiro atoms. The van der Waals surface area contributed by atoms with Crippen LogP contribution in [0.15, 0.2) is 30.6 Å². The van der Waals surface area contributed by atoms with Gasteiger partial charge in [0.05, 0.1) is 0 Å². The summed E-state index contributed by atoms with van der Waals surface area (Å²) in [5.41, 5.74) is 2.66. The molecular weight excluding hydrogens is 248 g/mol. The van der Waals surface area contributed by atoms with Gasteiger partial charge in [-0.15, -0.1) is 0 Å². The van der Waals surface area contributed by atoms with E-state index in [9.17, 15) is 0 Å². The maximum Gasteiger partial charge on any atom is 0.138 e. The van der Waals surface area contributed by atoms with Gasteiger partial charge in [-0.25, -0.2) is 9.67 Å². The van der Waals surface area contributed by atoms with Crippen molar-refractivity contribution in [2.75, 3.05) is 7.05 Å². The van der Waals surface area contributed by atoms with E-state index in [1.807, 2.05) is 11.7 Å². The molecule has 1 heterocycles. The second-order valence-electron chi connectivity index (χ2n) is 5.36. The summed E-state index contributed by atoms with van der Waals surface area (Å²) in [6.07, 6.45) is 3.56. The van der Waals surface area contributed by atoms with Gasteiger partial charge >= 0.3 is 0 Å². The average molecular weight is 272 g/mol. The summed E-state index contributed by atoms with van der Waals surface area (Å²) in [5.74, 6) is 1.03. The van der Waals surface area contributed by atoms with Gasteiger partial charge < -0.3 is 5.32 Å². The highest BCUT2D eigenvalue weighted by atomic mass is 15.3. The lowest BCUT2D eigenvalue weighted by molar-refractivity contribution is 0.478. The molecule has 0 bridgehead atoms. The lowest BCUT2D eigenvalue weighted by Crippen LogP contribution is -2.21. The van der Waals surface area contributed by atoms with Gasteiger partial charge in [0.1, 0.15) is 12.2 Å². The summed E-state index contributed by atoms with van der Waals surface area (Å²) in [7, 11) is 1.99. The van der Waals surface area contributed by atoms with E-state index in [1.54, 1.807) is 6.33 Å². The molecule has 20 heavy (non-hydrogen) atoms. The first kappa shape index (κ1) is 14.7. The van der Waals surface area contributed by atoms with E-state index in [0.29, 0.717) is 6.04 Å². The van der Waals surface area contributed by atoms with Crippen molar-refractivity contribution in [1.82, 2.24) is 20.1 Å². The third-order valence-corrected chi connectivity index (χ3v) is 3.66. The summed E-state index contributed by atoms with van der Waals surface area (Å²) in [6.45, 7) is 6.43. The molecule has 1 aromatic heterocycles. The van der Waals surface area contributed by atoms with Gasteiger partial charge in [0, 0.05) is 18.5 Å². The predicted octanol–water partition coefficient (Wildman–Crippen LogP) is 2.92. The Balaban J connectivity index is 2.17. The van der Waals surface area contributed by atoms with Gasteiger partial charge in [-0.2, -0.15) is 5.10 Å². The minimum Gasteiger partial charge on any atom is -0.313 e. The second-order valence-corrected chi connectivity index (χ2v) is 5.36. The van der Waals surface area contributed by atoms with Crippen molar-refractivity contribution in [1.29, 1.82) is 0 Å². The number of likely N-dealkylation sites (N-methyl/N-ethyl adjacent to an activating group) is 1. The molecule has 1 atom stereocenters. The Hall–Kier alpha value is -1.68. The Bertz CT molecular complexity index is 528. The molecule has 0 saturated carbocycles. The van der Waals surface area contributed by atoms with Crippen LogP contribution < -0.4 is 5.32 Å². The maximum atomic E-state index is 4.40. The number of aryl methyl sites for hydroxylation is 1. The topological polar surface area (TPSA) is 42.7 Å². The van der Waals surface area contributed by atoms with Crippen molar-refractivity contribution in [3.63, 3.8) is 0 Å². The highest BCUT2D eigenvalue weighted by molar-refractivity contribution is 5.25. The second kappa shape index (κ2) is 6.66. The Kier molecular flexibility index (Phi) is 4.90. The molecule has 108 valence electrons. The van der Waals surface area contributed by atoms with Crippen molar-refractivity contribution in [2.45, 2.75) is 45.7 Å². The molecule has 1 unspecified atom stereocenters. The van der Waals surface area contributed by atoms with Crippen LogP contribution in [-0.4, -0.2) is 21.8 Å². The molecule has 0 radical (unpaired) electrons. The molecule has 0 fully saturated rings. The van der Waals surface area contributed by atoms with E-state index in [4.69, 9.17) is 0 Å². The fourth-order valence-electron chi connectivity index (χ4n) is 2.41. The van der Waals surface area contributed by atoms with Crippen molar-refractivity contribution in [3.8, 4) is 0 Å². The van der Waals surface area contributed by atoms with Crippen molar-refractivity contribution >= 4 is 0 Å². The summed E-state index contributed by atoms with van der Waals surface area (Å²) in [5, 5.41) is 7.68. The van der Waals surface area contributed by atoms with Crippen LogP contribution in [0.25, 0.3) is 0 Å². The Labute approximate surface area is 121 Å². The third-order valence-electron chi connectivity index (χ3n) is 3.66. The zero-order valence-electron chi connectivity index (χ0n) is 12.8. The van der Waals surface area contributed by atoms with Crippen LogP contribution in [0.1, 0.15) is 49.8 Å². The fourth-order valence-corrected chi connectivity index (χ4v) is 2.41. The molecule has 4 heteroatoms. The van der Waals surface area contributed by atoms with E-state index < -0.39 is 0 Å². The first-order valence-corrected chi connectivity index (χ1v) is 7.30. The molecule has 0 aliphatic carbocycles. The Morgan fingerprint density at radius 3 is 2.45 bits per heavy atom. The normalized spacial score (nSPS) is 12.8. The van der Waals surface area contributed by atoms with Crippen molar-refractivity contribution in [2.24, 2.45) is 0 Å². The van der Waals surface area contributed by atoms with Gasteiger partial charge in [-0.05, 0) is 38.4 Å². The number of rotatable bonds is 6. The largest absolute Gasteiger partial charge is 0.313 e. The Morgan fingerprint density at radius 2 is 1.90 bits per heavy atom. The van der Waals surface area contributed by atoms with Crippen LogP contribution in [0.3, 0.4) is 0 Å². The molecular formula is C16H24N4. The van der Waals surface area contributed by atoms with Crippen molar-refractivity contribution in [3.05, 3.63) is 47.5 Å². The lowest BCUT2D eigenvalue weighted by Gasteiger charge is -2.18. The number of aromatic nitrogens is 3. The average Bonchev–Trinajstić information content (AvgIpc) is 2.93. The van der Waals surface area contributed by atoms with E-state index in [2.05, 4.69) is 60.4 Å². The molecule has 0 saturated heterocycles. The van der Waals surface area contributed by atoms with E-state index >= 15 is 0 Å². The van der Waals surface area contributed by atoms with E-state index in [-0.39, 0.29) is 6.04 Å². The predicted molar refractivity (Wildman–Crippen MR) is 81.7 cm³/mol. The minimum absolute atomic E-state index is 0.266. The fraction of sp³-hybridized carbons (Fsp3) is 0.500. The zero-order valence-corrected chi connectivity index (χ0v) is 12.8. The standard InChI is InChI=1S/C16H24N4/c1-5-13-6-8-14(9-7-13)15(17-4)10-16-18-11-19-20(16)12(2)3/h6-9,11-12,15,17H,5,10H2,1-4H3. The number of nitrogens with zero attached hydrogens (tertiary/aromatic N) is 3. The van der Waals surface area contributed by atoms with Crippen LogP contribution in [0.5, 0.6) is 0 Å². The first-order chi connectivity index (χ1) is 9.65. The summed E-state index contributed by atoms with van der Waals surface area (Å²) < 4.78 is 1.99. The van der Waals surface area contributed by atoms with Gasteiger partial charge in [0.25, 0.3) is 0 Å². The summed E-state index contributed by atoms with van der Waals surface area (Å²) in [6, 6.07) is 9.42. The van der Waals surface area contributed by atoms with Crippen LogP contribution in [-0.2, 0) is 12.8 Å². The van der Waals surface area contributed by atoms with Gasteiger partial charge in [0.15, 0.2) is 0 Å². The number of hydrogen-bond donors (Lipinski definition) is 1. The first-order valence-electron chi connectivity index (χ1n) is 7.30.